The van der Waals surface area contributed by atoms with E-state index in [4.69, 9.17) is 0 Å². The minimum Gasteiger partial charge on any atom is -1.00 e. The van der Waals surface area contributed by atoms with Gasteiger partial charge in [-0.1, -0.05) is 112 Å². The Bertz CT molecular complexity index is 2210. The molecule has 5 aliphatic rings. The molecular weight excluding hydrogens is 827 g/mol. The fourth-order valence-electron chi connectivity index (χ4n) is 11.5. The number of aryl methyl sites for hydroxylation is 1. The summed E-state index contributed by atoms with van der Waals surface area (Å²) in [4.78, 5) is 0. The summed E-state index contributed by atoms with van der Waals surface area (Å²) in [6.07, 6.45) is 14.4. The minimum atomic E-state index is 0. The van der Waals surface area contributed by atoms with Crippen LogP contribution in [0.1, 0.15) is 119 Å². The van der Waals surface area contributed by atoms with Crippen molar-refractivity contribution in [2.75, 3.05) is 0 Å². The van der Waals surface area contributed by atoms with Gasteiger partial charge in [0.05, 0.1) is 0 Å². The Balaban J connectivity index is 0.000000171. The van der Waals surface area contributed by atoms with Crippen molar-refractivity contribution in [1.29, 1.82) is 0 Å². The van der Waals surface area contributed by atoms with Gasteiger partial charge in [-0.25, -0.2) is 0 Å². The average molecular weight is 889 g/mol. The summed E-state index contributed by atoms with van der Waals surface area (Å²) in [5.74, 6) is 5.31. The molecule has 0 unspecified atom stereocenters. The molecule has 0 aliphatic heterocycles. The number of halogens is 2. The summed E-state index contributed by atoms with van der Waals surface area (Å²) in [5.41, 5.74) is 12.2. The summed E-state index contributed by atoms with van der Waals surface area (Å²) >= 11 is 1.74. The Morgan fingerprint density at radius 2 is 1.12 bits per heavy atom. The third-order valence-electron chi connectivity index (χ3n) is 13.9. The van der Waals surface area contributed by atoms with E-state index in [9.17, 15) is 0 Å². The van der Waals surface area contributed by atoms with E-state index in [0.717, 1.165) is 29.6 Å². The topological polar surface area (TPSA) is 0 Å². The van der Waals surface area contributed by atoms with E-state index in [-0.39, 0.29) is 30.2 Å². The fraction of sp³-hybridized carbons (Fsp3) is 0.434. The van der Waals surface area contributed by atoms with E-state index in [2.05, 4.69) is 150 Å². The molecule has 57 heavy (non-hydrogen) atoms. The largest absolute Gasteiger partial charge is 1.00 e. The third-order valence-corrected chi connectivity index (χ3v) is 13.9. The van der Waals surface area contributed by atoms with Crippen molar-refractivity contribution in [3.63, 3.8) is 0 Å². The number of fused-ring (bicyclic) bond motifs is 2. The Morgan fingerprint density at radius 3 is 1.63 bits per heavy atom. The number of rotatable bonds is 5. The molecule has 5 saturated carbocycles. The third kappa shape index (κ3) is 9.88. The predicted molar refractivity (Wildman–Crippen MR) is 236 cm³/mol. The van der Waals surface area contributed by atoms with Crippen LogP contribution < -0.4 is 24.8 Å². The molecule has 0 radical (unpaired) electrons. The molecule has 0 spiro atoms. The van der Waals surface area contributed by atoms with E-state index in [1.807, 2.05) is 0 Å². The van der Waals surface area contributed by atoms with Crippen LogP contribution in [-0.4, -0.2) is 5.43 Å². The van der Waals surface area contributed by atoms with Gasteiger partial charge in [0.1, 0.15) is 0 Å². The van der Waals surface area contributed by atoms with Gasteiger partial charge in [0.2, 0.25) is 0 Å². The molecule has 4 heteroatoms. The van der Waals surface area contributed by atoms with Gasteiger partial charge in [0.15, 0.2) is 0 Å². The van der Waals surface area contributed by atoms with E-state index in [1.165, 1.54) is 119 Å². The van der Waals surface area contributed by atoms with Crippen LogP contribution in [0, 0.1) is 30.6 Å². The fourth-order valence-corrected chi connectivity index (χ4v) is 11.5. The zero-order valence-electron chi connectivity index (χ0n) is 35.2. The SMILES string of the molecule is CC1CCC(c2cc3c(-c4ccc(C(C)C)cc4)cccc3[cH-]2)CC1.C[Si](C)=[Zr+2].Cc1cc2c(-c3ccc(C45CC6CC(CC(C6)C4)C5)cc3)cccc2[cH-]1.[Cl-].[Cl-]. The van der Waals surface area contributed by atoms with Crippen molar-refractivity contribution in [1.82, 2.24) is 0 Å². The van der Waals surface area contributed by atoms with Crippen LogP contribution in [0.25, 0.3) is 43.8 Å². The van der Waals surface area contributed by atoms with Crippen LogP contribution in [0.3, 0.4) is 0 Å². The van der Waals surface area contributed by atoms with Crippen molar-refractivity contribution < 1.29 is 48.1 Å². The summed E-state index contributed by atoms with van der Waals surface area (Å²) in [5, 5.41) is 5.59. The maximum Gasteiger partial charge on any atom is -0.00391 e. The maximum absolute atomic E-state index is 2.47. The summed E-state index contributed by atoms with van der Waals surface area (Å²) in [7, 11) is 0. The quantitative estimate of drug-likeness (QED) is 0.120. The second-order valence-electron chi connectivity index (χ2n) is 18.9. The standard InChI is InChI=1S/C26H27.C25H29.C2H6Si.2ClH.Zr/c1-17-9-22-3-2-4-24(25(22)10-17)21-5-7-23(8-6-21)26-14-18-11-19(15-26)13-20(12-18)16-26;1-17(2)19-11-13-21(14-12-19)24-6-4-5-22-15-23(16-25(22)24)20-9-7-18(3)8-10-20;1-3-2;;;/h2-10,18-20H,11-16H2,1H3;4-6,11-18,20H,7-10H2,1-3H3;1-2H3;2*1H;/q2*-1;;;;+2/p-2. The first-order chi connectivity index (χ1) is 26.5. The van der Waals surface area contributed by atoms with Gasteiger partial charge in [0.25, 0.3) is 0 Å². The van der Waals surface area contributed by atoms with Crippen LogP contribution in [0.15, 0.2) is 109 Å². The van der Waals surface area contributed by atoms with Crippen molar-refractivity contribution in [3.8, 4) is 22.3 Å². The average Bonchev–Trinajstić information content (AvgIpc) is 3.78. The van der Waals surface area contributed by atoms with Crippen LogP contribution in [-0.2, 0) is 28.8 Å². The van der Waals surface area contributed by atoms with Crippen molar-refractivity contribution in [2.45, 2.75) is 122 Å². The van der Waals surface area contributed by atoms with Gasteiger partial charge < -0.3 is 24.8 Å². The Kier molecular flexibility index (Phi) is 14.8. The van der Waals surface area contributed by atoms with Crippen molar-refractivity contribution in [3.05, 3.63) is 131 Å². The van der Waals surface area contributed by atoms with E-state index in [1.54, 1.807) is 34.5 Å². The van der Waals surface area contributed by atoms with Crippen molar-refractivity contribution in [2.24, 2.45) is 23.7 Å². The second kappa shape index (κ2) is 19.0. The molecule has 6 aromatic carbocycles. The van der Waals surface area contributed by atoms with E-state index >= 15 is 0 Å². The molecule has 0 saturated heterocycles. The number of hydrogen-bond donors (Lipinski definition) is 0. The number of hydrogen-bond acceptors (Lipinski definition) is 0. The van der Waals surface area contributed by atoms with Crippen LogP contribution in [0.2, 0.25) is 13.1 Å². The van der Waals surface area contributed by atoms with Crippen molar-refractivity contribution >= 4 is 27.0 Å². The van der Waals surface area contributed by atoms with Gasteiger partial charge in [0, 0.05) is 0 Å². The molecule has 0 N–H and O–H groups in total. The Hall–Kier alpha value is -2.22. The zero-order valence-corrected chi connectivity index (χ0v) is 40.2. The molecule has 4 bridgehead atoms. The first kappa shape index (κ1) is 44.3. The smallest absolute Gasteiger partial charge is 0.00391 e. The molecule has 5 fully saturated rings. The molecular formula is C53H62Cl2SiZr-2. The molecule has 0 atom stereocenters. The zero-order chi connectivity index (χ0) is 38.3. The molecule has 0 aromatic heterocycles. The second-order valence-corrected chi connectivity index (χ2v) is 28.3. The summed E-state index contributed by atoms with van der Waals surface area (Å²) in [6, 6.07) is 41.9. The van der Waals surface area contributed by atoms with Crippen LogP contribution >= 0.6 is 0 Å². The van der Waals surface area contributed by atoms with E-state index < -0.39 is 0 Å². The molecule has 11 rings (SSSR count). The maximum atomic E-state index is 2.47. The monoisotopic (exact) mass is 886 g/mol. The molecule has 0 nitrogen and oxygen atoms in total. The van der Waals surface area contributed by atoms with Gasteiger partial charge in [-0.15, -0.1) is 69.1 Å². The molecule has 5 aliphatic carbocycles. The van der Waals surface area contributed by atoms with Crippen LogP contribution in [0.5, 0.6) is 0 Å². The summed E-state index contributed by atoms with van der Waals surface area (Å²) in [6.45, 7) is 13.7. The number of benzene rings is 4. The van der Waals surface area contributed by atoms with Gasteiger partial charge in [-0.05, 0) is 115 Å². The normalized spacial score (nSPS) is 24.5. The Morgan fingerprint density at radius 1 is 0.649 bits per heavy atom. The molecule has 0 heterocycles. The Labute approximate surface area is 372 Å². The van der Waals surface area contributed by atoms with Crippen LogP contribution in [0.4, 0.5) is 0 Å². The molecule has 298 valence electrons. The van der Waals surface area contributed by atoms with E-state index in [0.29, 0.717) is 11.3 Å². The van der Waals surface area contributed by atoms with Gasteiger partial charge >= 0.3 is 41.9 Å². The molecule has 6 aromatic rings. The molecule has 0 amide bonds. The minimum absolute atomic E-state index is 0. The first-order valence-corrected chi connectivity index (χ1v) is 27.8. The first-order valence-electron chi connectivity index (χ1n) is 21.6. The summed E-state index contributed by atoms with van der Waals surface area (Å²) < 4.78 is 0. The predicted octanol–water partition coefficient (Wildman–Crippen LogP) is 9.44. The van der Waals surface area contributed by atoms with Gasteiger partial charge in [-0.3, -0.25) is 0 Å². The van der Waals surface area contributed by atoms with Gasteiger partial charge in [-0.2, -0.15) is 12.1 Å².